The number of amides is 2. The quantitative estimate of drug-likeness (QED) is 0.279. The van der Waals surface area contributed by atoms with Gasteiger partial charge in [0.2, 0.25) is 0 Å². The highest BCUT2D eigenvalue weighted by molar-refractivity contribution is 5.89. The van der Waals surface area contributed by atoms with Gasteiger partial charge in [-0.1, -0.05) is 24.3 Å². The molecule has 1 aliphatic rings. The fourth-order valence-electron chi connectivity index (χ4n) is 4.62. The van der Waals surface area contributed by atoms with Gasteiger partial charge in [0, 0.05) is 62.9 Å². The summed E-state index contributed by atoms with van der Waals surface area (Å²) in [6, 6.07) is 24.0. The van der Waals surface area contributed by atoms with E-state index in [1.807, 2.05) is 18.2 Å². The maximum Gasteiger partial charge on any atom is 0.319 e. The summed E-state index contributed by atoms with van der Waals surface area (Å²) >= 11 is 0. The van der Waals surface area contributed by atoms with E-state index in [2.05, 4.69) is 50.1 Å². The van der Waals surface area contributed by atoms with Crippen molar-refractivity contribution >= 4 is 17.4 Å². The Balaban J connectivity index is 1.16. The van der Waals surface area contributed by atoms with E-state index in [-0.39, 0.29) is 11.8 Å². The lowest BCUT2D eigenvalue weighted by atomic mass is 9.97. The normalized spacial score (nSPS) is 13.1. The van der Waals surface area contributed by atoms with Crippen LogP contribution in [0.3, 0.4) is 0 Å². The lowest BCUT2D eigenvalue weighted by Gasteiger charge is -2.29. The van der Waals surface area contributed by atoms with Gasteiger partial charge in [-0.3, -0.25) is 4.98 Å². The lowest BCUT2D eigenvalue weighted by Crippen LogP contribution is -2.43. The summed E-state index contributed by atoms with van der Waals surface area (Å²) in [5.41, 5.74) is 5.73. The van der Waals surface area contributed by atoms with Crippen molar-refractivity contribution in [2.24, 2.45) is 0 Å². The Labute approximate surface area is 228 Å². The summed E-state index contributed by atoms with van der Waals surface area (Å²) in [6.07, 6.45) is 3.96. The zero-order valence-corrected chi connectivity index (χ0v) is 21.7. The first-order valence-electron chi connectivity index (χ1n) is 13.2. The molecule has 0 unspecified atom stereocenters. The van der Waals surface area contributed by atoms with Crippen LogP contribution < -0.4 is 25.6 Å². The van der Waals surface area contributed by atoms with Crippen LogP contribution >= 0.6 is 0 Å². The van der Waals surface area contributed by atoms with Gasteiger partial charge < -0.3 is 25.6 Å². The molecule has 39 heavy (non-hydrogen) atoms. The Morgan fingerprint density at radius 2 is 1.85 bits per heavy atom. The molecule has 1 aromatic heterocycles. The first kappa shape index (κ1) is 26.2. The van der Waals surface area contributed by atoms with Crippen molar-refractivity contribution in [3.8, 4) is 16.9 Å². The minimum absolute atomic E-state index is 0.260. The molecular formula is C31H32FN5O2. The Bertz CT molecular complexity index is 1380. The number of carbonyl (C=O) groups is 1. The molecule has 200 valence electrons. The molecule has 8 heteroatoms. The van der Waals surface area contributed by atoms with Gasteiger partial charge in [0.05, 0.1) is 6.61 Å². The highest BCUT2D eigenvalue weighted by Crippen LogP contribution is 2.29. The molecule has 1 fully saturated rings. The number of aromatic nitrogens is 1. The second-order valence-electron chi connectivity index (χ2n) is 9.38. The number of nitrogens with one attached hydrogen (secondary N) is 3. The maximum atomic E-state index is 14.2. The highest BCUT2D eigenvalue weighted by Gasteiger charge is 2.13. The molecule has 2 heterocycles. The predicted molar refractivity (Wildman–Crippen MR) is 153 cm³/mol. The maximum absolute atomic E-state index is 14.2. The van der Waals surface area contributed by atoms with E-state index in [9.17, 15) is 9.18 Å². The van der Waals surface area contributed by atoms with Crippen molar-refractivity contribution in [1.82, 2.24) is 15.6 Å². The van der Waals surface area contributed by atoms with Crippen molar-refractivity contribution < 1.29 is 13.9 Å². The third-order valence-corrected chi connectivity index (χ3v) is 6.63. The molecule has 0 spiro atoms. The number of carbonyl (C=O) groups excluding carboxylic acids is 1. The monoisotopic (exact) mass is 525 g/mol. The third-order valence-electron chi connectivity index (χ3n) is 6.63. The van der Waals surface area contributed by atoms with E-state index in [4.69, 9.17) is 4.74 Å². The fraction of sp³-hybridized carbons (Fsp3) is 0.226. The minimum Gasteiger partial charge on any atom is -0.493 e. The van der Waals surface area contributed by atoms with E-state index >= 15 is 0 Å². The Hall–Kier alpha value is -4.43. The average molecular weight is 526 g/mol. The van der Waals surface area contributed by atoms with Crippen LogP contribution in [0.25, 0.3) is 11.1 Å². The number of piperazine rings is 1. The minimum atomic E-state index is -0.299. The summed E-state index contributed by atoms with van der Waals surface area (Å²) in [4.78, 5) is 18.6. The van der Waals surface area contributed by atoms with Crippen LogP contribution in [0.4, 0.5) is 20.6 Å². The molecule has 1 aliphatic heterocycles. The van der Waals surface area contributed by atoms with Crippen LogP contribution in [-0.4, -0.2) is 43.8 Å². The topological polar surface area (TPSA) is 78.5 Å². The number of benzene rings is 3. The molecule has 1 saturated heterocycles. The Kier molecular flexibility index (Phi) is 8.65. The van der Waals surface area contributed by atoms with Crippen LogP contribution in [0.5, 0.6) is 5.75 Å². The molecule has 0 bridgehead atoms. The van der Waals surface area contributed by atoms with Crippen LogP contribution in [0.2, 0.25) is 0 Å². The number of ether oxygens (including phenoxy) is 1. The van der Waals surface area contributed by atoms with E-state index in [1.165, 1.54) is 11.8 Å². The third kappa shape index (κ3) is 7.33. The zero-order chi connectivity index (χ0) is 26.9. The number of hydrogen-bond acceptors (Lipinski definition) is 5. The second kappa shape index (κ2) is 12.9. The number of urea groups is 1. The molecule has 3 N–H and O–H groups in total. The first-order valence-corrected chi connectivity index (χ1v) is 13.2. The molecule has 0 atom stereocenters. The first-order chi connectivity index (χ1) is 19.1. The summed E-state index contributed by atoms with van der Waals surface area (Å²) in [7, 11) is 0. The fourth-order valence-corrected chi connectivity index (χ4v) is 4.62. The SMILES string of the molecule is O=C(NCc1cccnc1)Nc1ccc(OCCc2cc(F)ccc2-c2cccc(N3CCNCC3)c2)cc1. The van der Waals surface area contributed by atoms with Gasteiger partial charge in [-0.05, 0) is 76.9 Å². The van der Waals surface area contributed by atoms with Crippen molar-refractivity contribution in [1.29, 1.82) is 0 Å². The number of rotatable bonds is 9. The molecule has 0 aliphatic carbocycles. The smallest absolute Gasteiger partial charge is 0.319 e. The van der Waals surface area contributed by atoms with Gasteiger partial charge in [-0.2, -0.15) is 0 Å². The van der Waals surface area contributed by atoms with Crippen LogP contribution in [-0.2, 0) is 13.0 Å². The number of pyridine rings is 1. The molecule has 5 rings (SSSR count). The van der Waals surface area contributed by atoms with Crippen LogP contribution in [0, 0.1) is 5.82 Å². The summed E-state index contributed by atoms with van der Waals surface area (Å²) in [5.74, 6) is 0.416. The number of nitrogens with zero attached hydrogens (tertiary/aromatic N) is 2. The molecule has 7 nitrogen and oxygen atoms in total. The molecule has 0 saturated carbocycles. The predicted octanol–water partition coefficient (Wildman–Crippen LogP) is 5.24. The molecule has 4 aromatic rings. The average Bonchev–Trinajstić information content (AvgIpc) is 2.98. The van der Waals surface area contributed by atoms with Gasteiger partial charge in [0.15, 0.2) is 0 Å². The van der Waals surface area contributed by atoms with Gasteiger partial charge in [0.1, 0.15) is 11.6 Å². The summed E-state index contributed by atoms with van der Waals surface area (Å²) < 4.78 is 20.1. The van der Waals surface area contributed by atoms with Crippen molar-refractivity contribution in [2.45, 2.75) is 13.0 Å². The Morgan fingerprint density at radius 3 is 2.64 bits per heavy atom. The van der Waals surface area contributed by atoms with E-state index < -0.39 is 0 Å². The molecule has 0 radical (unpaired) electrons. The second-order valence-corrected chi connectivity index (χ2v) is 9.38. The van der Waals surface area contributed by atoms with E-state index in [0.717, 1.165) is 48.4 Å². The molecule has 3 aromatic carbocycles. The Morgan fingerprint density at radius 1 is 1.00 bits per heavy atom. The van der Waals surface area contributed by atoms with Crippen LogP contribution in [0.15, 0.2) is 91.3 Å². The number of anilines is 2. The zero-order valence-electron chi connectivity index (χ0n) is 21.7. The number of halogens is 1. The van der Waals surface area contributed by atoms with E-state index in [1.54, 1.807) is 42.7 Å². The van der Waals surface area contributed by atoms with Gasteiger partial charge >= 0.3 is 6.03 Å². The van der Waals surface area contributed by atoms with Crippen molar-refractivity contribution in [2.75, 3.05) is 43.0 Å². The van der Waals surface area contributed by atoms with Gasteiger partial charge in [-0.15, -0.1) is 0 Å². The molecule has 2 amide bonds. The van der Waals surface area contributed by atoms with E-state index in [0.29, 0.717) is 31.0 Å². The standard InChI is InChI=1S/C31H32FN5O2/c32-26-6-11-30(24-4-1-5-28(20-24)37-16-14-33-15-17-37)25(19-26)12-18-39-29-9-7-27(8-10-29)36-31(38)35-22-23-3-2-13-34-21-23/h1-11,13,19-21,33H,12,14-18,22H2,(H2,35,36,38). The highest BCUT2D eigenvalue weighted by atomic mass is 19.1. The van der Waals surface area contributed by atoms with Crippen LogP contribution in [0.1, 0.15) is 11.1 Å². The lowest BCUT2D eigenvalue weighted by molar-refractivity contribution is 0.251. The van der Waals surface area contributed by atoms with Crippen molar-refractivity contribution in [3.05, 3.63) is 108 Å². The van der Waals surface area contributed by atoms with Crippen molar-refractivity contribution in [3.63, 3.8) is 0 Å². The largest absolute Gasteiger partial charge is 0.493 e. The molecular weight excluding hydrogens is 493 g/mol. The van der Waals surface area contributed by atoms with Gasteiger partial charge in [0.25, 0.3) is 0 Å². The summed E-state index contributed by atoms with van der Waals surface area (Å²) in [6.45, 7) is 4.67. The summed E-state index contributed by atoms with van der Waals surface area (Å²) in [5, 5.41) is 8.99. The van der Waals surface area contributed by atoms with Gasteiger partial charge in [-0.25, -0.2) is 9.18 Å². The number of hydrogen-bond donors (Lipinski definition) is 3.